The number of carbonyl (C=O) groups excluding carboxylic acids is 1. The fourth-order valence-corrected chi connectivity index (χ4v) is 4.10. The van der Waals surface area contributed by atoms with Crippen molar-refractivity contribution in [2.75, 3.05) is 24.2 Å². The molecular weight excluding hydrogens is 334 g/mol. The Morgan fingerprint density at radius 2 is 2.39 bits per heavy atom. The lowest BCUT2D eigenvalue weighted by molar-refractivity contribution is 0.229. The van der Waals surface area contributed by atoms with Crippen LogP contribution in [0.1, 0.15) is 19.1 Å². The highest BCUT2D eigenvalue weighted by molar-refractivity contribution is 8.01. The van der Waals surface area contributed by atoms with Gasteiger partial charge < -0.3 is 9.32 Å². The zero-order chi connectivity index (χ0) is 16.2. The minimum Gasteiger partial charge on any atom is -0.468 e. The molecule has 0 spiro atoms. The Kier molecular flexibility index (Phi) is 5.19. The van der Waals surface area contributed by atoms with Crippen molar-refractivity contribution in [3.63, 3.8) is 0 Å². The summed E-state index contributed by atoms with van der Waals surface area (Å²) in [6, 6.07) is 3.69. The van der Waals surface area contributed by atoms with Gasteiger partial charge in [-0.3, -0.25) is 10.2 Å². The van der Waals surface area contributed by atoms with Crippen molar-refractivity contribution in [3.8, 4) is 0 Å². The summed E-state index contributed by atoms with van der Waals surface area (Å²) in [6.45, 7) is 3.28. The minimum absolute atomic E-state index is 0.0647. The number of aromatic nitrogens is 2. The van der Waals surface area contributed by atoms with Crippen LogP contribution in [0.5, 0.6) is 0 Å². The third-order valence-corrected chi connectivity index (χ3v) is 5.68. The molecule has 0 aromatic carbocycles. The number of likely N-dealkylation sites (N-methyl/N-ethyl adjacent to an activating group) is 1. The maximum absolute atomic E-state index is 12.4. The molecule has 1 aliphatic heterocycles. The molecule has 7 nitrogen and oxygen atoms in total. The molecule has 1 N–H and O–H groups in total. The van der Waals surface area contributed by atoms with Crippen molar-refractivity contribution in [1.29, 1.82) is 0 Å². The van der Waals surface area contributed by atoms with Crippen LogP contribution in [0.3, 0.4) is 0 Å². The minimum atomic E-state index is -0.144. The van der Waals surface area contributed by atoms with Gasteiger partial charge in [-0.1, -0.05) is 30.0 Å². The number of nitrogens with zero attached hydrogens (tertiary/aromatic N) is 4. The van der Waals surface area contributed by atoms with Crippen LogP contribution in [0.4, 0.5) is 9.93 Å². The van der Waals surface area contributed by atoms with Gasteiger partial charge in [-0.05, 0) is 18.6 Å². The predicted octanol–water partition coefficient (Wildman–Crippen LogP) is 2.62. The number of carbonyl (C=O) groups is 1. The number of urea groups is 1. The molecule has 1 saturated heterocycles. The van der Waals surface area contributed by atoms with E-state index >= 15 is 0 Å². The van der Waals surface area contributed by atoms with Crippen LogP contribution in [-0.2, 0) is 6.54 Å². The lowest BCUT2D eigenvalue weighted by atomic mass is 10.4. The first kappa shape index (κ1) is 16.3. The second-order valence-corrected chi connectivity index (χ2v) is 7.51. The topological polar surface area (TPSA) is 74.5 Å². The average molecular weight is 353 g/mol. The molecule has 1 unspecified atom stereocenters. The van der Waals surface area contributed by atoms with Crippen molar-refractivity contribution in [2.24, 2.45) is 0 Å². The Labute approximate surface area is 143 Å². The van der Waals surface area contributed by atoms with E-state index in [0.717, 1.165) is 22.3 Å². The maximum atomic E-state index is 12.4. The summed E-state index contributed by atoms with van der Waals surface area (Å²) >= 11 is 3.13. The van der Waals surface area contributed by atoms with Crippen molar-refractivity contribution < 1.29 is 9.21 Å². The van der Waals surface area contributed by atoms with Gasteiger partial charge in [0.2, 0.25) is 5.13 Å². The van der Waals surface area contributed by atoms with Crippen LogP contribution in [-0.4, -0.2) is 46.6 Å². The molecule has 1 atom stereocenters. The van der Waals surface area contributed by atoms with Gasteiger partial charge in [0, 0.05) is 12.8 Å². The van der Waals surface area contributed by atoms with Crippen molar-refractivity contribution in [3.05, 3.63) is 24.2 Å². The molecule has 3 heterocycles. The summed E-state index contributed by atoms with van der Waals surface area (Å²) in [4.78, 5) is 15.8. The molecule has 9 heteroatoms. The molecule has 0 bridgehead atoms. The Balaban J connectivity index is 1.71. The van der Waals surface area contributed by atoms with Gasteiger partial charge in [0.25, 0.3) is 0 Å². The predicted molar refractivity (Wildman–Crippen MR) is 90.8 cm³/mol. The fraction of sp³-hybridized carbons (Fsp3) is 0.500. The van der Waals surface area contributed by atoms with E-state index in [1.807, 2.05) is 12.1 Å². The van der Waals surface area contributed by atoms with E-state index < -0.39 is 0 Å². The summed E-state index contributed by atoms with van der Waals surface area (Å²) in [5, 5.41) is 12.4. The van der Waals surface area contributed by atoms with Gasteiger partial charge in [-0.15, -0.1) is 10.2 Å². The smallest absolute Gasteiger partial charge is 0.327 e. The van der Waals surface area contributed by atoms with E-state index in [-0.39, 0.29) is 12.2 Å². The highest BCUT2D eigenvalue weighted by Gasteiger charge is 2.38. The first-order chi connectivity index (χ1) is 11.2. The van der Waals surface area contributed by atoms with Gasteiger partial charge in [0.05, 0.1) is 19.4 Å². The Bertz CT molecular complexity index is 645. The second-order valence-electron chi connectivity index (χ2n) is 5.21. The molecule has 1 aliphatic rings. The lowest BCUT2D eigenvalue weighted by Crippen LogP contribution is -2.44. The summed E-state index contributed by atoms with van der Waals surface area (Å²) < 4.78 is 6.23. The lowest BCUT2D eigenvalue weighted by Gasteiger charge is -2.20. The zero-order valence-electron chi connectivity index (χ0n) is 13.1. The number of hydrogen-bond donors (Lipinski definition) is 1. The number of thioether (sulfide) groups is 1. The largest absolute Gasteiger partial charge is 0.468 e. The summed E-state index contributed by atoms with van der Waals surface area (Å²) in [7, 11) is 1.79. The fourth-order valence-electron chi connectivity index (χ4n) is 2.29. The molecule has 1 fully saturated rings. The molecule has 3 rings (SSSR count). The first-order valence-corrected chi connectivity index (χ1v) is 9.25. The molecule has 23 heavy (non-hydrogen) atoms. The molecule has 0 aliphatic carbocycles. The third-order valence-electron chi connectivity index (χ3n) is 3.41. The molecule has 2 amide bonds. The number of anilines is 1. The number of rotatable bonds is 7. The number of hydrogen-bond acceptors (Lipinski definition) is 7. The van der Waals surface area contributed by atoms with Gasteiger partial charge >= 0.3 is 6.03 Å². The van der Waals surface area contributed by atoms with E-state index in [0.29, 0.717) is 18.2 Å². The number of amides is 2. The van der Waals surface area contributed by atoms with Gasteiger partial charge in [0.15, 0.2) is 4.34 Å². The molecular formula is C14H19N5O2S2. The van der Waals surface area contributed by atoms with E-state index in [1.54, 1.807) is 34.9 Å². The maximum Gasteiger partial charge on any atom is 0.327 e. The Morgan fingerprint density at radius 1 is 1.52 bits per heavy atom. The third kappa shape index (κ3) is 3.67. The highest BCUT2D eigenvalue weighted by Crippen LogP contribution is 2.31. The van der Waals surface area contributed by atoms with Gasteiger partial charge in [-0.25, -0.2) is 4.79 Å². The highest BCUT2D eigenvalue weighted by atomic mass is 32.2. The molecule has 0 radical (unpaired) electrons. The van der Waals surface area contributed by atoms with Crippen LogP contribution in [0.25, 0.3) is 0 Å². The van der Waals surface area contributed by atoms with Crippen molar-refractivity contribution in [1.82, 2.24) is 20.4 Å². The summed E-state index contributed by atoms with van der Waals surface area (Å²) in [6.07, 6.45) is 2.58. The van der Waals surface area contributed by atoms with E-state index in [1.165, 1.54) is 11.3 Å². The summed E-state index contributed by atoms with van der Waals surface area (Å²) in [5.74, 6) is 1.84. The van der Waals surface area contributed by atoms with Gasteiger partial charge in [-0.2, -0.15) is 0 Å². The SMILES string of the molecule is CCCSc1nnc(N2C(=O)N(C)CC2NCc2ccco2)s1. The van der Waals surface area contributed by atoms with E-state index in [2.05, 4.69) is 22.4 Å². The van der Waals surface area contributed by atoms with Crippen LogP contribution in [0, 0.1) is 0 Å². The average Bonchev–Trinajstić information content (AvgIpc) is 3.26. The standard InChI is InChI=1S/C14H19N5O2S2/c1-3-7-22-13-17-16-12(23-13)19-11(9-18(2)14(19)20)15-8-10-5-4-6-21-10/h4-6,11,15H,3,7-9H2,1-2H3. The van der Waals surface area contributed by atoms with Crippen LogP contribution < -0.4 is 10.2 Å². The van der Waals surface area contributed by atoms with Gasteiger partial charge in [0.1, 0.15) is 11.9 Å². The Hall–Kier alpha value is -1.58. The van der Waals surface area contributed by atoms with Crippen LogP contribution in [0.15, 0.2) is 27.2 Å². The van der Waals surface area contributed by atoms with E-state index in [4.69, 9.17) is 4.42 Å². The monoisotopic (exact) mass is 353 g/mol. The quantitative estimate of drug-likeness (QED) is 0.609. The molecule has 0 saturated carbocycles. The molecule has 2 aromatic rings. The van der Waals surface area contributed by atoms with E-state index in [9.17, 15) is 4.79 Å². The Morgan fingerprint density at radius 3 is 3.13 bits per heavy atom. The summed E-state index contributed by atoms with van der Waals surface area (Å²) in [5.41, 5.74) is 0. The van der Waals surface area contributed by atoms with Crippen LogP contribution >= 0.6 is 23.1 Å². The molecule has 2 aromatic heterocycles. The van der Waals surface area contributed by atoms with Crippen molar-refractivity contribution >= 4 is 34.3 Å². The van der Waals surface area contributed by atoms with Crippen LogP contribution in [0.2, 0.25) is 0 Å². The number of furan rings is 1. The molecule has 124 valence electrons. The normalized spacial score (nSPS) is 18.2. The zero-order valence-corrected chi connectivity index (χ0v) is 14.7. The first-order valence-electron chi connectivity index (χ1n) is 7.45. The van der Waals surface area contributed by atoms with Crippen molar-refractivity contribution in [2.45, 2.75) is 30.4 Å². The second kappa shape index (κ2) is 7.33. The number of nitrogens with one attached hydrogen (secondary N) is 1.